The van der Waals surface area contributed by atoms with Gasteiger partial charge in [0, 0.05) is 18.1 Å². The van der Waals surface area contributed by atoms with E-state index in [4.69, 9.17) is 4.74 Å². The number of carboxylic acids is 1. The van der Waals surface area contributed by atoms with Gasteiger partial charge in [0.15, 0.2) is 0 Å². The second kappa shape index (κ2) is 11.7. The maximum absolute atomic E-state index is 11.9. The van der Waals surface area contributed by atoms with E-state index in [-0.39, 0.29) is 11.8 Å². The Hall–Kier alpha value is -1.83. The number of thioether (sulfide) groups is 1. The Morgan fingerprint density at radius 1 is 1.39 bits per heavy atom. The van der Waals surface area contributed by atoms with Gasteiger partial charge in [-0.1, -0.05) is 6.92 Å². The van der Waals surface area contributed by atoms with E-state index in [0.29, 0.717) is 19.4 Å². The zero-order chi connectivity index (χ0) is 22.2. The number of likely N-dealkylation sites (tertiary alicyclic amines) is 1. The lowest BCUT2D eigenvalue weighted by Gasteiger charge is -2.37. The molecule has 31 heavy (non-hydrogen) atoms. The molecule has 0 radical (unpaired) electrons. The number of rotatable bonds is 11. The van der Waals surface area contributed by atoms with Crippen molar-refractivity contribution in [2.45, 2.75) is 38.7 Å². The molecular formula is C24H34N2O4S. The molecule has 6 nitrogen and oxygen atoms in total. The second-order valence-electron chi connectivity index (χ2n) is 8.22. The molecule has 1 unspecified atom stereocenters. The molecule has 1 aliphatic heterocycles. The number of methoxy groups -OCH3 is 1. The Morgan fingerprint density at radius 2 is 2.23 bits per heavy atom. The van der Waals surface area contributed by atoms with Crippen LogP contribution < -0.4 is 4.74 Å². The van der Waals surface area contributed by atoms with Crippen molar-refractivity contribution < 1.29 is 19.7 Å². The molecule has 3 rings (SSSR count). The molecule has 1 aromatic heterocycles. The quantitative estimate of drug-likeness (QED) is 0.500. The highest BCUT2D eigenvalue weighted by atomic mass is 32.2. The van der Waals surface area contributed by atoms with Crippen LogP contribution in [0.4, 0.5) is 0 Å². The molecule has 3 atom stereocenters. The van der Waals surface area contributed by atoms with Gasteiger partial charge in [-0.2, -0.15) is 11.8 Å². The molecule has 2 aromatic rings. The number of ether oxygens (including phenoxy) is 1. The number of piperidine rings is 1. The summed E-state index contributed by atoms with van der Waals surface area (Å²) in [7, 11) is 1.62. The Kier molecular flexibility index (Phi) is 8.99. The number of aliphatic hydroxyl groups is 1. The Morgan fingerprint density at radius 3 is 2.97 bits per heavy atom. The number of carboxylic acid groups (broad SMARTS) is 1. The van der Waals surface area contributed by atoms with Gasteiger partial charge in [0.1, 0.15) is 5.75 Å². The van der Waals surface area contributed by atoms with Crippen molar-refractivity contribution in [3.63, 3.8) is 0 Å². The largest absolute Gasteiger partial charge is 0.497 e. The lowest BCUT2D eigenvalue weighted by atomic mass is 9.81. The highest BCUT2D eigenvalue weighted by Crippen LogP contribution is 2.33. The van der Waals surface area contributed by atoms with Crippen LogP contribution in [0.3, 0.4) is 0 Å². The van der Waals surface area contributed by atoms with Gasteiger partial charge in [-0.3, -0.25) is 9.78 Å². The summed E-state index contributed by atoms with van der Waals surface area (Å²) in [6.07, 6.45) is 4.27. The number of pyridine rings is 1. The van der Waals surface area contributed by atoms with Gasteiger partial charge in [-0.15, -0.1) is 0 Å². The average molecular weight is 447 g/mol. The fourth-order valence-corrected chi connectivity index (χ4v) is 5.14. The van der Waals surface area contributed by atoms with Crippen molar-refractivity contribution in [3.05, 3.63) is 36.0 Å². The first-order valence-electron chi connectivity index (χ1n) is 11.2. The van der Waals surface area contributed by atoms with Crippen LogP contribution in [-0.4, -0.2) is 64.3 Å². The third-order valence-electron chi connectivity index (χ3n) is 6.28. The number of benzene rings is 1. The van der Waals surface area contributed by atoms with Crippen LogP contribution in [0.1, 0.15) is 44.3 Å². The molecule has 0 aliphatic carbocycles. The lowest BCUT2D eigenvalue weighted by molar-refractivity contribution is -0.146. The van der Waals surface area contributed by atoms with Gasteiger partial charge >= 0.3 is 5.97 Å². The smallest absolute Gasteiger partial charge is 0.308 e. The molecular weight excluding hydrogens is 412 g/mol. The van der Waals surface area contributed by atoms with Crippen LogP contribution in [0.15, 0.2) is 30.5 Å². The number of aliphatic hydroxyl groups excluding tert-OH is 1. The number of aromatic nitrogens is 1. The minimum absolute atomic E-state index is 0.0936. The zero-order valence-corrected chi connectivity index (χ0v) is 19.3. The summed E-state index contributed by atoms with van der Waals surface area (Å²) < 4.78 is 5.32. The first-order chi connectivity index (χ1) is 15.0. The molecule has 1 fully saturated rings. The molecule has 2 N–H and O–H groups in total. The number of nitrogens with zero attached hydrogens (tertiary/aromatic N) is 2. The maximum atomic E-state index is 11.9. The topological polar surface area (TPSA) is 82.9 Å². The van der Waals surface area contributed by atoms with Gasteiger partial charge in [0.05, 0.1) is 24.6 Å². The van der Waals surface area contributed by atoms with Crippen molar-refractivity contribution in [1.29, 1.82) is 0 Å². The monoisotopic (exact) mass is 446 g/mol. The molecule has 0 spiro atoms. The standard InChI is InChI=1S/C24H34N2O4S/c1-3-31-14-4-12-26-13-10-17(21(16-26)24(28)29)5-8-23(27)19-9-11-25-22-7-6-18(30-2)15-20(19)22/h6-7,9,11,15,17,21,23,27H,3-5,8,10,12-14,16H2,1-2H3,(H,28,29)/t17-,21+,23?/m1/s1. The second-order valence-corrected chi connectivity index (χ2v) is 9.61. The SMILES string of the molecule is CCSCCCN1CC[C@@H](CCC(O)c2ccnc3ccc(OC)cc23)[C@@H](C(=O)O)C1. The molecule has 0 bridgehead atoms. The summed E-state index contributed by atoms with van der Waals surface area (Å²) in [5.74, 6) is 1.99. The van der Waals surface area contributed by atoms with E-state index in [1.54, 1.807) is 13.3 Å². The Bertz CT molecular complexity index is 863. The summed E-state index contributed by atoms with van der Waals surface area (Å²) in [5.41, 5.74) is 1.64. The zero-order valence-electron chi connectivity index (χ0n) is 18.5. The van der Waals surface area contributed by atoms with Crippen LogP contribution >= 0.6 is 11.8 Å². The summed E-state index contributed by atoms with van der Waals surface area (Å²) in [4.78, 5) is 18.6. The molecule has 1 aliphatic rings. The molecule has 1 aromatic carbocycles. The van der Waals surface area contributed by atoms with Gasteiger partial charge in [-0.05, 0) is 86.0 Å². The average Bonchev–Trinajstić information content (AvgIpc) is 2.79. The summed E-state index contributed by atoms with van der Waals surface area (Å²) in [6, 6.07) is 7.49. The van der Waals surface area contributed by atoms with Crippen molar-refractivity contribution in [3.8, 4) is 5.75 Å². The first-order valence-corrected chi connectivity index (χ1v) is 12.3. The minimum atomic E-state index is -0.716. The Labute approximate surface area is 189 Å². The maximum Gasteiger partial charge on any atom is 0.308 e. The van der Waals surface area contributed by atoms with E-state index >= 15 is 0 Å². The van der Waals surface area contributed by atoms with Crippen molar-refractivity contribution >= 4 is 28.6 Å². The van der Waals surface area contributed by atoms with Crippen molar-refractivity contribution in [2.75, 3.05) is 38.2 Å². The summed E-state index contributed by atoms with van der Waals surface area (Å²) in [6.45, 7) is 4.69. The van der Waals surface area contributed by atoms with Gasteiger partial charge in [-0.25, -0.2) is 0 Å². The van der Waals surface area contributed by atoms with Crippen LogP contribution in [0.2, 0.25) is 0 Å². The van der Waals surface area contributed by atoms with Crippen molar-refractivity contribution in [1.82, 2.24) is 9.88 Å². The van der Waals surface area contributed by atoms with E-state index in [0.717, 1.165) is 59.7 Å². The number of hydrogen-bond donors (Lipinski definition) is 2. The van der Waals surface area contributed by atoms with Gasteiger partial charge < -0.3 is 19.8 Å². The van der Waals surface area contributed by atoms with E-state index in [2.05, 4.69) is 16.8 Å². The molecule has 170 valence electrons. The fourth-order valence-electron chi connectivity index (χ4n) is 4.52. The summed E-state index contributed by atoms with van der Waals surface area (Å²) in [5, 5.41) is 21.6. The number of carbonyl (C=O) groups is 1. The molecule has 0 amide bonds. The number of fused-ring (bicyclic) bond motifs is 1. The van der Waals surface area contributed by atoms with Gasteiger partial charge in [0.2, 0.25) is 0 Å². The lowest BCUT2D eigenvalue weighted by Crippen LogP contribution is -2.44. The predicted octanol–water partition coefficient (Wildman–Crippen LogP) is 4.22. The highest BCUT2D eigenvalue weighted by molar-refractivity contribution is 7.99. The number of hydrogen-bond acceptors (Lipinski definition) is 6. The van der Waals surface area contributed by atoms with E-state index in [1.165, 1.54) is 0 Å². The van der Waals surface area contributed by atoms with E-state index in [1.807, 2.05) is 36.0 Å². The minimum Gasteiger partial charge on any atom is -0.497 e. The van der Waals surface area contributed by atoms with E-state index in [9.17, 15) is 15.0 Å². The third kappa shape index (κ3) is 6.34. The molecule has 2 heterocycles. The normalized spacial score (nSPS) is 20.6. The predicted molar refractivity (Wildman–Crippen MR) is 126 cm³/mol. The van der Waals surface area contributed by atoms with Crippen molar-refractivity contribution in [2.24, 2.45) is 11.8 Å². The molecule has 1 saturated heterocycles. The third-order valence-corrected chi connectivity index (χ3v) is 7.26. The van der Waals surface area contributed by atoms with Crippen LogP contribution in [0.5, 0.6) is 5.75 Å². The molecule has 0 saturated carbocycles. The fraction of sp³-hybridized carbons (Fsp3) is 0.583. The Balaban J connectivity index is 1.61. The number of aliphatic carboxylic acids is 1. The summed E-state index contributed by atoms with van der Waals surface area (Å²) >= 11 is 1.93. The first kappa shape index (κ1) is 23.8. The molecule has 7 heteroatoms. The highest BCUT2D eigenvalue weighted by Gasteiger charge is 2.34. The van der Waals surface area contributed by atoms with Gasteiger partial charge in [0.25, 0.3) is 0 Å². The van der Waals surface area contributed by atoms with Crippen LogP contribution in [0.25, 0.3) is 10.9 Å². The van der Waals surface area contributed by atoms with Crippen LogP contribution in [-0.2, 0) is 4.79 Å². The van der Waals surface area contributed by atoms with Crippen LogP contribution in [0, 0.1) is 11.8 Å². The van der Waals surface area contributed by atoms with E-state index < -0.39 is 12.1 Å².